The Morgan fingerprint density at radius 1 is 1.12 bits per heavy atom. The van der Waals surface area contributed by atoms with Crippen LogP contribution in [-0.2, 0) is 0 Å². The quantitative estimate of drug-likeness (QED) is 0.768. The molecular weight excluding hydrogens is 200 g/mol. The molecule has 0 aromatic heterocycles. The number of urea groups is 1. The van der Waals surface area contributed by atoms with E-state index in [0.29, 0.717) is 5.92 Å². The summed E-state index contributed by atoms with van der Waals surface area (Å²) in [5, 5.41) is 3.20. The molecule has 0 atom stereocenters. The van der Waals surface area contributed by atoms with Gasteiger partial charge >= 0.3 is 6.03 Å². The van der Waals surface area contributed by atoms with E-state index >= 15 is 0 Å². The first-order valence-corrected chi connectivity index (χ1v) is 6.67. The lowest BCUT2D eigenvalue weighted by molar-refractivity contribution is 0.185. The van der Waals surface area contributed by atoms with E-state index in [2.05, 4.69) is 19.2 Å². The molecule has 2 amide bonds. The molecule has 2 aliphatic rings. The Balaban J connectivity index is 1.85. The van der Waals surface area contributed by atoms with Crippen molar-refractivity contribution in [1.82, 2.24) is 10.2 Å². The highest BCUT2D eigenvalue weighted by atomic mass is 16.2. The number of amides is 2. The van der Waals surface area contributed by atoms with Crippen LogP contribution in [0.3, 0.4) is 0 Å². The van der Waals surface area contributed by atoms with Crippen molar-refractivity contribution in [2.45, 2.75) is 57.9 Å². The van der Waals surface area contributed by atoms with Crippen molar-refractivity contribution < 1.29 is 4.79 Å². The Morgan fingerprint density at radius 3 is 2.19 bits per heavy atom. The smallest absolute Gasteiger partial charge is 0.317 e. The van der Waals surface area contributed by atoms with Gasteiger partial charge in [-0.3, -0.25) is 0 Å². The van der Waals surface area contributed by atoms with Gasteiger partial charge in [-0.1, -0.05) is 12.8 Å². The van der Waals surface area contributed by atoms with E-state index in [4.69, 9.17) is 0 Å². The third-order valence-corrected chi connectivity index (χ3v) is 3.92. The number of nitrogens with zero attached hydrogens (tertiary/aromatic N) is 1. The van der Waals surface area contributed by atoms with Gasteiger partial charge < -0.3 is 10.2 Å². The highest BCUT2D eigenvalue weighted by molar-refractivity contribution is 5.75. The number of rotatable bonds is 2. The Hall–Kier alpha value is -0.730. The average molecular weight is 224 g/mol. The molecule has 1 aliphatic heterocycles. The van der Waals surface area contributed by atoms with Gasteiger partial charge in [0, 0.05) is 18.6 Å². The largest absolute Gasteiger partial charge is 0.333 e. The summed E-state index contributed by atoms with van der Waals surface area (Å²) in [7, 11) is 0. The summed E-state index contributed by atoms with van der Waals surface area (Å²) in [4.78, 5) is 14.1. The van der Waals surface area contributed by atoms with Crippen LogP contribution in [0, 0.1) is 5.92 Å². The van der Waals surface area contributed by atoms with Gasteiger partial charge in [-0.05, 0) is 45.4 Å². The lowest BCUT2D eigenvalue weighted by atomic mass is 9.99. The second-order valence-electron chi connectivity index (χ2n) is 5.83. The summed E-state index contributed by atoms with van der Waals surface area (Å²) in [5.41, 5.74) is -0.0105. The molecule has 0 bridgehead atoms. The van der Waals surface area contributed by atoms with Gasteiger partial charge in [0.25, 0.3) is 0 Å². The first kappa shape index (κ1) is 11.7. The maximum Gasteiger partial charge on any atom is 0.317 e. The normalized spacial score (nSPS) is 22.8. The first-order chi connectivity index (χ1) is 7.59. The van der Waals surface area contributed by atoms with Crippen molar-refractivity contribution in [2.24, 2.45) is 5.92 Å². The van der Waals surface area contributed by atoms with Crippen LogP contribution in [0.15, 0.2) is 0 Å². The number of likely N-dealkylation sites (tertiary alicyclic amines) is 1. The number of nitrogens with one attached hydrogen (secondary N) is 1. The minimum Gasteiger partial charge on any atom is -0.333 e. The van der Waals surface area contributed by atoms with E-state index in [9.17, 15) is 4.79 Å². The standard InChI is InChI=1S/C13H24N2O/c1-13(2,11-7-8-11)14-12(16)15-9-5-3-4-6-10-15/h11H,3-10H2,1-2H3,(H,14,16). The maximum absolute atomic E-state index is 12.1. The van der Waals surface area contributed by atoms with Gasteiger partial charge in [-0.2, -0.15) is 0 Å². The van der Waals surface area contributed by atoms with Crippen LogP contribution in [0.1, 0.15) is 52.4 Å². The number of carbonyl (C=O) groups excluding carboxylic acids is 1. The summed E-state index contributed by atoms with van der Waals surface area (Å²) >= 11 is 0. The van der Waals surface area contributed by atoms with Gasteiger partial charge in [0.15, 0.2) is 0 Å². The molecule has 1 aliphatic carbocycles. The Labute approximate surface area is 98.6 Å². The molecule has 0 unspecified atom stereocenters. The molecule has 3 heteroatoms. The molecule has 2 fully saturated rings. The Bertz CT molecular complexity index is 251. The first-order valence-electron chi connectivity index (χ1n) is 6.67. The molecule has 1 saturated carbocycles. The zero-order valence-corrected chi connectivity index (χ0v) is 10.6. The molecule has 16 heavy (non-hydrogen) atoms. The summed E-state index contributed by atoms with van der Waals surface area (Å²) in [6, 6.07) is 0.152. The van der Waals surface area contributed by atoms with Crippen LogP contribution in [0.25, 0.3) is 0 Å². The molecule has 2 rings (SSSR count). The van der Waals surface area contributed by atoms with Crippen LogP contribution < -0.4 is 5.32 Å². The van der Waals surface area contributed by atoms with Crippen molar-refractivity contribution in [1.29, 1.82) is 0 Å². The van der Waals surface area contributed by atoms with Crippen LogP contribution in [0.4, 0.5) is 4.79 Å². The van der Waals surface area contributed by atoms with Crippen molar-refractivity contribution >= 4 is 6.03 Å². The highest BCUT2D eigenvalue weighted by Gasteiger charge is 2.39. The van der Waals surface area contributed by atoms with E-state index in [1.54, 1.807) is 0 Å². The van der Waals surface area contributed by atoms with E-state index in [1.807, 2.05) is 4.90 Å². The minimum atomic E-state index is -0.0105. The molecule has 1 heterocycles. The third-order valence-electron chi connectivity index (χ3n) is 3.92. The zero-order chi connectivity index (χ0) is 11.6. The molecule has 1 N–H and O–H groups in total. The van der Waals surface area contributed by atoms with Crippen molar-refractivity contribution in [2.75, 3.05) is 13.1 Å². The van der Waals surface area contributed by atoms with Crippen LogP contribution in [0.2, 0.25) is 0 Å². The lowest BCUT2D eigenvalue weighted by Gasteiger charge is -2.30. The molecule has 0 radical (unpaired) electrons. The van der Waals surface area contributed by atoms with Gasteiger partial charge in [-0.15, -0.1) is 0 Å². The monoisotopic (exact) mass is 224 g/mol. The molecule has 0 aromatic carbocycles. The van der Waals surface area contributed by atoms with Gasteiger partial charge in [0.2, 0.25) is 0 Å². The number of hydrogen-bond donors (Lipinski definition) is 1. The molecule has 0 aromatic rings. The second-order valence-corrected chi connectivity index (χ2v) is 5.83. The van der Waals surface area contributed by atoms with Crippen molar-refractivity contribution in [3.63, 3.8) is 0 Å². The van der Waals surface area contributed by atoms with Gasteiger partial charge in [0.05, 0.1) is 0 Å². The third kappa shape index (κ3) is 2.89. The fourth-order valence-corrected chi connectivity index (χ4v) is 2.54. The van der Waals surface area contributed by atoms with Crippen LogP contribution in [-0.4, -0.2) is 29.6 Å². The van der Waals surface area contributed by atoms with E-state index in [-0.39, 0.29) is 11.6 Å². The predicted octanol–water partition coefficient (Wildman–Crippen LogP) is 2.76. The summed E-state index contributed by atoms with van der Waals surface area (Å²) in [5.74, 6) is 0.698. The van der Waals surface area contributed by atoms with Gasteiger partial charge in [-0.25, -0.2) is 4.79 Å². The van der Waals surface area contributed by atoms with Gasteiger partial charge in [0.1, 0.15) is 0 Å². The molecule has 92 valence electrons. The topological polar surface area (TPSA) is 32.3 Å². The predicted molar refractivity (Wildman–Crippen MR) is 65.4 cm³/mol. The number of carbonyl (C=O) groups is 1. The Morgan fingerprint density at radius 2 is 1.69 bits per heavy atom. The van der Waals surface area contributed by atoms with E-state index in [1.165, 1.54) is 25.7 Å². The minimum absolute atomic E-state index is 0.0105. The molecular formula is C13H24N2O. The SMILES string of the molecule is CC(C)(NC(=O)N1CCCCCC1)C1CC1. The number of hydrogen-bond acceptors (Lipinski definition) is 1. The molecule has 3 nitrogen and oxygen atoms in total. The second kappa shape index (κ2) is 4.64. The molecule has 0 spiro atoms. The average Bonchev–Trinajstić information content (AvgIpc) is 3.05. The van der Waals surface area contributed by atoms with E-state index in [0.717, 1.165) is 25.9 Å². The summed E-state index contributed by atoms with van der Waals surface area (Å²) in [6.07, 6.45) is 7.42. The highest BCUT2D eigenvalue weighted by Crippen LogP contribution is 2.39. The van der Waals surface area contributed by atoms with Crippen LogP contribution in [0.5, 0.6) is 0 Å². The van der Waals surface area contributed by atoms with Crippen molar-refractivity contribution in [3.05, 3.63) is 0 Å². The Kier molecular flexibility index (Phi) is 3.41. The molecule has 1 saturated heterocycles. The maximum atomic E-state index is 12.1. The summed E-state index contributed by atoms with van der Waals surface area (Å²) < 4.78 is 0. The van der Waals surface area contributed by atoms with Crippen molar-refractivity contribution in [3.8, 4) is 0 Å². The summed E-state index contributed by atoms with van der Waals surface area (Å²) in [6.45, 7) is 6.18. The van der Waals surface area contributed by atoms with Crippen LogP contribution >= 0.6 is 0 Å². The fraction of sp³-hybridized carbons (Fsp3) is 0.923. The lowest BCUT2D eigenvalue weighted by Crippen LogP contribution is -2.51. The zero-order valence-electron chi connectivity index (χ0n) is 10.6. The fourth-order valence-electron chi connectivity index (χ4n) is 2.54. The van der Waals surface area contributed by atoms with E-state index < -0.39 is 0 Å².